The Labute approximate surface area is 160 Å². The molecule has 140 valence electrons. The molecule has 0 atom stereocenters. The molecule has 3 aromatic rings. The fourth-order valence-corrected chi connectivity index (χ4v) is 3.27. The maximum Gasteiger partial charge on any atom is 0.234 e. The van der Waals surface area contributed by atoms with E-state index in [-0.39, 0.29) is 23.3 Å². The van der Waals surface area contributed by atoms with Crippen molar-refractivity contribution in [3.63, 3.8) is 0 Å². The van der Waals surface area contributed by atoms with Gasteiger partial charge in [-0.15, -0.1) is 11.8 Å². The van der Waals surface area contributed by atoms with E-state index in [1.807, 2.05) is 35.9 Å². The fourth-order valence-electron chi connectivity index (χ4n) is 2.56. The van der Waals surface area contributed by atoms with Gasteiger partial charge in [0.05, 0.1) is 17.1 Å². The Morgan fingerprint density at radius 3 is 2.78 bits per heavy atom. The van der Waals surface area contributed by atoms with Gasteiger partial charge in [-0.05, 0) is 36.8 Å². The van der Waals surface area contributed by atoms with Gasteiger partial charge in [0, 0.05) is 30.8 Å². The van der Waals surface area contributed by atoms with Crippen LogP contribution in [0.5, 0.6) is 0 Å². The van der Waals surface area contributed by atoms with E-state index in [9.17, 15) is 14.0 Å². The highest BCUT2D eigenvalue weighted by Crippen LogP contribution is 2.20. The Balaban J connectivity index is 1.55. The van der Waals surface area contributed by atoms with Crippen molar-refractivity contribution in [2.45, 2.75) is 19.6 Å². The first-order chi connectivity index (χ1) is 12.9. The van der Waals surface area contributed by atoms with E-state index >= 15 is 0 Å². The smallest absolute Gasteiger partial charge is 0.234 e. The number of carbonyl (C=O) groups is 2. The van der Waals surface area contributed by atoms with Gasteiger partial charge in [-0.2, -0.15) is 0 Å². The molecule has 2 amide bonds. The zero-order valence-corrected chi connectivity index (χ0v) is 15.8. The van der Waals surface area contributed by atoms with Crippen LogP contribution in [0.1, 0.15) is 18.2 Å². The maximum absolute atomic E-state index is 13.9. The van der Waals surface area contributed by atoms with Crippen LogP contribution in [0.4, 0.5) is 15.8 Å². The van der Waals surface area contributed by atoms with E-state index < -0.39 is 5.82 Å². The topological polar surface area (TPSA) is 75.5 Å². The Hall–Kier alpha value is -2.87. The van der Waals surface area contributed by atoms with Crippen LogP contribution >= 0.6 is 11.8 Å². The third-order valence-corrected chi connectivity index (χ3v) is 4.66. The van der Waals surface area contributed by atoms with Crippen LogP contribution < -0.4 is 10.6 Å². The van der Waals surface area contributed by atoms with Crippen molar-refractivity contribution in [3.05, 3.63) is 59.8 Å². The molecule has 2 N–H and O–H groups in total. The zero-order chi connectivity index (χ0) is 19.4. The molecule has 6 nitrogen and oxygen atoms in total. The van der Waals surface area contributed by atoms with Gasteiger partial charge in [0.25, 0.3) is 0 Å². The lowest BCUT2D eigenvalue weighted by Crippen LogP contribution is -2.16. The van der Waals surface area contributed by atoms with E-state index in [0.717, 1.165) is 16.9 Å². The molecule has 0 saturated carbocycles. The molecule has 0 unspecified atom stereocenters. The van der Waals surface area contributed by atoms with Crippen molar-refractivity contribution in [2.24, 2.45) is 0 Å². The van der Waals surface area contributed by atoms with Crippen molar-refractivity contribution < 1.29 is 14.0 Å². The summed E-state index contributed by atoms with van der Waals surface area (Å²) in [6, 6.07) is 7.97. The molecule has 2 heterocycles. The number of thioether (sulfide) groups is 1. The second kappa shape index (κ2) is 8.22. The number of pyridine rings is 1. The molecule has 8 heteroatoms. The molecular formula is C19H19FN4O2S. The molecule has 0 aliphatic heterocycles. The molecule has 2 aromatic heterocycles. The summed E-state index contributed by atoms with van der Waals surface area (Å²) in [5.41, 5.74) is 3.33. The Morgan fingerprint density at radius 1 is 1.19 bits per heavy atom. The van der Waals surface area contributed by atoms with Crippen LogP contribution in [0.25, 0.3) is 5.65 Å². The number of hydrogen-bond donors (Lipinski definition) is 2. The molecule has 1 aromatic carbocycles. The highest BCUT2D eigenvalue weighted by Gasteiger charge is 2.10. The molecule has 0 radical (unpaired) electrons. The number of carbonyl (C=O) groups excluding carboxylic acids is 2. The SMILES string of the molecule is CC(=O)Nc1ccc(F)c(NC(=O)CSCc2cn3cc(C)ccc3n2)c1. The van der Waals surface area contributed by atoms with Crippen molar-refractivity contribution in [1.29, 1.82) is 0 Å². The van der Waals surface area contributed by atoms with Crippen molar-refractivity contribution in [3.8, 4) is 0 Å². The summed E-state index contributed by atoms with van der Waals surface area (Å²) in [6.07, 6.45) is 3.93. The summed E-state index contributed by atoms with van der Waals surface area (Å²) in [5.74, 6) is -0.409. The Bertz CT molecular complexity index is 1000. The number of rotatable bonds is 6. The first-order valence-electron chi connectivity index (χ1n) is 8.29. The van der Waals surface area contributed by atoms with Gasteiger partial charge in [0.1, 0.15) is 11.5 Å². The first kappa shape index (κ1) is 18.9. The molecule has 0 aliphatic carbocycles. The highest BCUT2D eigenvalue weighted by molar-refractivity contribution is 7.99. The summed E-state index contributed by atoms with van der Waals surface area (Å²) in [7, 11) is 0. The average Bonchev–Trinajstić information content (AvgIpc) is 2.99. The fraction of sp³-hybridized carbons (Fsp3) is 0.211. The minimum atomic E-state index is -0.557. The molecule has 0 fully saturated rings. The van der Waals surface area contributed by atoms with E-state index in [1.54, 1.807) is 0 Å². The van der Waals surface area contributed by atoms with Crippen molar-refractivity contribution >= 4 is 40.6 Å². The number of amides is 2. The summed E-state index contributed by atoms with van der Waals surface area (Å²) in [6.45, 7) is 3.37. The highest BCUT2D eigenvalue weighted by atomic mass is 32.2. The number of aryl methyl sites for hydroxylation is 1. The monoisotopic (exact) mass is 386 g/mol. The van der Waals surface area contributed by atoms with Gasteiger partial charge in [0.2, 0.25) is 11.8 Å². The molecule has 3 rings (SSSR count). The van der Waals surface area contributed by atoms with E-state index in [1.165, 1.54) is 36.9 Å². The standard InChI is InChI=1S/C19H19FN4O2S/c1-12-3-6-18-22-15(9-24(18)8-12)10-27-11-19(26)23-17-7-14(21-13(2)25)4-5-16(17)20/h3-9H,10-11H2,1-2H3,(H,21,25)(H,23,26). The van der Waals surface area contributed by atoms with Crippen LogP contribution in [0, 0.1) is 12.7 Å². The quantitative estimate of drug-likeness (QED) is 0.679. The second-order valence-electron chi connectivity index (χ2n) is 6.12. The van der Waals surface area contributed by atoms with E-state index in [0.29, 0.717) is 11.4 Å². The normalized spacial score (nSPS) is 10.8. The Morgan fingerprint density at radius 2 is 2.00 bits per heavy atom. The molecule has 27 heavy (non-hydrogen) atoms. The lowest BCUT2D eigenvalue weighted by atomic mass is 10.2. The maximum atomic E-state index is 13.9. The van der Waals surface area contributed by atoms with Gasteiger partial charge >= 0.3 is 0 Å². The van der Waals surface area contributed by atoms with Crippen LogP contribution in [-0.4, -0.2) is 27.0 Å². The Kier molecular flexibility index (Phi) is 5.75. The van der Waals surface area contributed by atoms with Crippen LogP contribution in [-0.2, 0) is 15.3 Å². The predicted octanol–water partition coefficient (Wildman–Crippen LogP) is 3.61. The number of aromatic nitrogens is 2. The second-order valence-corrected chi connectivity index (χ2v) is 7.11. The van der Waals surface area contributed by atoms with Gasteiger partial charge < -0.3 is 15.0 Å². The number of halogens is 1. The summed E-state index contributed by atoms with van der Waals surface area (Å²) in [4.78, 5) is 27.7. The molecule has 0 bridgehead atoms. The lowest BCUT2D eigenvalue weighted by Gasteiger charge is -2.09. The molecular weight excluding hydrogens is 367 g/mol. The van der Waals surface area contributed by atoms with Gasteiger partial charge in [0.15, 0.2) is 0 Å². The van der Waals surface area contributed by atoms with Crippen molar-refractivity contribution in [1.82, 2.24) is 9.38 Å². The average molecular weight is 386 g/mol. The molecule has 0 spiro atoms. The first-order valence-corrected chi connectivity index (χ1v) is 9.45. The van der Waals surface area contributed by atoms with Gasteiger partial charge in [-0.1, -0.05) is 6.07 Å². The zero-order valence-electron chi connectivity index (χ0n) is 15.0. The number of benzene rings is 1. The van der Waals surface area contributed by atoms with Gasteiger partial charge in [-0.3, -0.25) is 9.59 Å². The third-order valence-electron chi connectivity index (χ3n) is 3.69. The van der Waals surface area contributed by atoms with E-state index in [4.69, 9.17) is 0 Å². The summed E-state index contributed by atoms with van der Waals surface area (Å²) < 4.78 is 15.8. The number of imidazole rings is 1. The van der Waals surface area contributed by atoms with Gasteiger partial charge in [-0.25, -0.2) is 9.37 Å². The lowest BCUT2D eigenvalue weighted by molar-refractivity contribution is -0.114. The number of anilines is 2. The number of nitrogens with zero attached hydrogens (tertiary/aromatic N) is 2. The van der Waals surface area contributed by atoms with Crippen LogP contribution in [0.3, 0.4) is 0 Å². The van der Waals surface area contributed by atoms with E-state index in [2.05, 4.69) is 15.6 Å². The summed E-state index contributed by atoms with van der Waals surface area (Å²) in [5, 5.41) is 5.09. The van der Waals surface area contributed by atoms with Crippen LogP contribution in [0.15, 0.2) is 42.7 Å². The predicted molar refractivity (Wildman–Crippen MR) is 105 cm³/mol. The molecule has 0 aliphatic rings. The minimum Gasteiger partial charge on any atom is -0.326 e. The number of nitrogens with one attached hydrogen (secondary N) is 2. The number of hydrogen-bond acceptors (Lipinski definition) is 4. The van der Waals surface area contributed by atoms with Crippen LogP contribution in [0.2, 0.25) is 0 Å². The number of fused-ring (bicyclic) bond motifs is 1. The minimum absolute atomic E-state index is 0.0371. The largest absolute Gasteiger partial charge is 0.326 e. The molecule has 0 saturated heterocycles. The van der Waals surface area contributed by atoms with Crippen molar-refractivity contribution in [2.75, 3.05) is 16.4 Å². The third kappa shape index (κ3) is 5.07. The summed E-state index contributed by atoms with van der Waals surface area (Å²) >= 11 is 1.39.